The number of aromatic nitrogens is 3. The molecule has 1 atom stereocenters. The summed E-state index contributed by atoms with van der Waals surface area (Å²) in [7, 11) is 0. The molecular weight excluding hydrogens is 220 g/mol. The van der Waals surface area contributed by atoms with Gasteiger partial charge in [0.2, 0.25) is 0 Å². The zero-order chi connectivity index (χ0) is 12.3. The molecular formula is C11H18N4O2. The number of hydrogen-bond donors (Lipinski definition) is 1. The fourth-order valence-corrected chi connectivity index (χ4v) is 1.72. The lowest BCUT2D eigenvalue weighted by Crippen LogP contribution is -2.40. The highest BCUT2D eigenvalue weighted by atomic mass is 16.7. The second-order valence-corrected chi connectivity index (χ2v) is 4.50. The molecule has 2 heterocycles. The van der Waals surface area contributed by atoms with Crippen LogP contribution in [0.15, 0.2) is 6.20 Å². The van der Waals surface area contributed by atoms with Gasteiger partial charge in [0.15, 0.2) is 0 Å². The van der Waals surface area contributed by atoms with Crippen molar-refractivity contribution in [2.24, 2.45) is 5.92 Å². The molecule has 1 aromatic rings. The maximum Gasteiger partial charge on any atom is 0.337 e. The smallest absolute Gasteiger partial charge is 0.318 e. The Morgan fingerprint density at radius 1 is 1.71 bits per heavy atom. The number of rotatable bonds is 5. The predicted molar refractivity (Wildman–Crippen MR) is 61.3 cm³/mol. The number of hydrogen-bond acceptors (Lipinski definition) is 5. The Morgan fingerprint density at radius 2 is 2.47 bits per heavy atom. The van der Waals surface area contributed by atoms with Gasteiger partial charge in [-0.1, -0.05) is 25.1 Å². The molecule has 1 aromatic heterocycles. The van der Waals surface area contributed by atoms with E-state index in [4.69, 9.17) is 4.84 Å². The van der Waals surface area contributed by atoms with Crippen LogP contribution in [0.5, 0.6) is 0 Å². The van der Waals surface area contributed by atoms with Crippen LogP contribution in [0.25, 0.3) is 0 Å². The van der Waals surface area contributed by atoms with Crippen molar-refractivity contribution in [3.8, 4) is 0 Å². The summed E-state index contributed by atoms with van der Waals surface area (Å²) in [4.78, 5) is 17.9. The van der Waals surface area contributed by atoms with Crippen LogP contribution in [0.3, 0.4) is 0 Å². The maximum atomic E-state index is 11.6. The van der Waals surface area contributed by atoms with Crippen molar-refractivity contribution in [1.82, 2.24) is 20.5 Å². The van der Waals surface area contributed by atoms with Crippen molar-refractivity contribution in [1.29, 1.82) is 0 Å². The quantitative estimate of drug-likeness (QED) is 0.750. The van der Waals surface area contributed by atoms with Crippen molar-refractivity contribution in [2.45, 2.75) is 32.6 Å². The molecule has 2 rings (SSSR count). The van der Waals surface area contributed by atoms with E-state index in [2.05, 4.69) is 15.6 Å². The van der Waals surface area contributed by atoms with Gasteiger partial charge in [-0.15, -0.1) is 5.10 Å². The highest BCUT2D eigenvalue weighted by Gasteiger charge is 2.23. The van der Waals surface area contributed by atoms with Gasteiger partial charge in [-0.05, 0) is 11.6 Å². The SMILES string of the molecule is CCCC(C)C(=O)On1cc(C2CNC2)nn1. The average Bonchev–Trinajstić information content (AvgIpc) is 2.64. The molecule has 0 radical (unpaired) electrons. The first-order valence-corrected chi connectivity index (χ1v) is 6.05. The molecule has 1 fully saturated rings. The van der Waals surface area contributed by atoms with Gasteiger partial charge in [0.25, 0.3) is 0 Å². The molecule has 0 saturated carbocycles. The third-order valence-corrected chi connectivity index (χ3v) is 3.00. The van der Waals surface area contributed by atoms with Crippen LogP contribution in [-0.2, 0) is 4.79 Å². The van der Waals surface area contributed by atoms with E-state index >= 15 is 0 Å². The fourth-order valence-electron chi connectivity index (χ4n) is 1.72. The van der Waals surface area contributed by atoms with Gasteiger partial charge in [-0.3, -0.25) is 0 Å². The predicted octanol–water partition coefficient (Wildman–Crippen LogP) is 0.356. The molecule has 6 heteroatoms. The molecule has 1 aliphatic rings. The lowest BCUT2D eigenvalue weighted by Gasteiger charge is -2.24. The molecule has 6 nitrogen and oxygen atoms in total. The topological polar surface area (TPSA) is 69.0 Å². The molecule has 0 aliphatic carbocycles. The first kappa shape index (κ1) is 12.0. The standard InChI is InChI=1S/C11H18N4O2/c1-3-4-8(2)11(16)17-15-7-10(13-14-15)9-5-12-6-9/h7-9,12H,3-6H2,1-2H3. The molecule has 1 N–H and O–H groups in total. The number of carbonyl (C=O) groups is 1. The zero-order valence-electron chi connectivity index (χ0n) is 10.2. The van der Waals surface area contributed by atoms with Gasteiger partial charge < -0.3 is 10.2 Å². The number of carbonyl (C=O) groups excluding carboxylic acids is 1. The molecule has 1 saturated heterocycles. The van der Waals surface area contributed by atoms with E-state index < -0.39 is 0 Å². The van der Waals surface area contributed by atoms with Gasteiger partial charge in [0, 0.05) is 19.0 Å². The molecule has 1 aliphatic heterocycles. The second-order valence-electron chi connectivity index (χ2n) is 4.50. The highest BCUT2D eigenvalue weighted by molar-refractivity contribution is 5.72. The molecule has 0 amide bonds. The van der Waals surface area contributed by atoms with Crippen molar-refractivity contribution in [2.75, 3.05) is 13.1 Å². The molecule has 17 heavy (non-hydrogen) atoms. The van der Waals surface area contributed by atoms with Crippen LogP contribution in [0.4, 0.5) is 0 Å². The zero-order valence-corrected chi connectivity index (χ0v) is 10.2. The summed E-state index contributed by atoms with van der Waals surface area (Å²) in [6.07, 6.45) is 3.47. The van der Waals surface area contributed by atoms with Gasteiger partial charge in [-0.2, -0.15) is 0 Å². The van der Waals surface area contributed by atoms with Gasteiger partial charge in [0.1, 0.15) is 0 Å². The first-order valence-electron chi connectivity index (χ1n) is 6.05. The van der Waals surface area contributed by atoms with Crippen molar-refractivity contribution in [3.05, 3.63) is 11.9 Å². The summed E-state index contributed by atoms with van der Waals surface area (Å²) in [5.41, 5.74) is 0.875. The van der Waals surface area contributed by atoms with E-state index in [-0.39, 0.29) is 11.9 Å². The Bertz CT molecular complexity index is 387. The fraction of sp³-hybridized carbons (Fsp3) is 0.727. The molecule has 0 bridgehead atoms. The van der Waals surface area contributed by atoms with E-state index in [0.717, 1.165) is 31.6 Å². The van der Waals surface area contributed by atoms with Crippen molar-refractivity contribution >= 4 is 5.97 Å². The summed E-state index contributed by atoms with van der Waals surface area (Å²) < 4.78 is 0. The first-order chi connectivity index (χ1) is 8.20. The van der Waals surface area contributed by atoms with Crippen molar-refractivity contribution < 1.29 is 9.63 Å². The molecule has 1 unspecified atom stereocenters. The summed E-state index contributed by atoms with van der Waals surface area (Å²) in [6, 6.07) is 0. The Balaban J connectivity index is 1.89. The Kier molecular flexibility index (Phi) is 3.73. The minimum absolute atomic E-state index is 0.0991. The summed E-state index contributed by atoms with van der Waals surface area (Å²) in [5, 5.41) is 10.9. The Hall–Kier alpha value is -1.43. The van der Waals surface area contributed by atoms with E-state index in [9.17, 15) is 4.79 Å². The van der Waals surface area contributed by atoms with Gasteiger partial charge >= 0.3 is 5.97 Å². The van der Waals surface area contributed by atoms with E-state index in [0.29, 0.717) is 5.92 Å². The monoisotopic (exact) mass is 238 g/mol. The number of nitrogens with one attached hydrogen (secondary N) is 1. The largest absolute Gasteiger partial charge is 0.337 e. The van der Waals surface area contributed by atoms with Crippen molar-refractivity contribution in [3.63, 3.8) is 0 Å². The van der Waals surface area contributed by atoms with Crippen LogP contribution in [0.1, 0.15) is 38.3 Å². The average molecular weight is 238 g/mol. The Morgan fingerprint density at radius 3 is 3.06 bits per heavy atom. The third kappa shape index (κ3) is 2.82. The summed E-state index contributed by atoms with van der Waals surface area (Å²) >= 11 is 0. The molecule has 0 aromatic carbocycles. The van der Waals surface area contributed by atoms with Crippen LogP contribution >= 0.6 is 0 Å². The maximum absolute atomic E-state index is 11.6. The third-order valence-electron chi connectivity index (χ3n) is 3.00. The van der Waals surface area contributed by atoms with Gasteiger partial charge in [-0.25, -0.2) is 4.79 Å². The Labute approximate surface area is 100 Å². The minimum Gasteiger partial charge on any atom is -0.318 e. The normalized spacial score (nSPS) is 17.5. The van der Waals surface area contributed by atoms with Gasteiger partial charge in [0.05, 0.1) is 17.8 Å². The molecule has 0 spiro atoms. The molecule has 94 valence electrons. The lowest BCUT2D eigenvalue weighted by atomic mass is 10.0. The van der Waals surface area contributed by atoms with Crippen LogP contribution in [0.2, 0.25) is 0 Å². The number of nitrogens with zero attached hydrogens (tertiary/aromatic N) is 3. The van der Waals surface area contributed by atoms with E-state index in [1.165, 1.54) is 4.85 Å². The van der Waals surface area contributed by atoms with Crippen LogP contribution < -0.4 is 10.2 Å². The lowest BCUT2D eigenvalue weighted by molar-refractivity contribution is -0.150. The van der Waals surface area contributed by atoms with E-state index in [1.807, 2.05) is 13.8 Å². The minimum atomic E-state index is -0.255. The second kappa shape index (κ2) is 5.27. The van der Waals surface area contributed by atoms with E-state index in [1.54, 1.807) is 6.20 Å². The van der Waals surface area contributed by atoms with Crippen LogP contribution in [-0.4, -0.2) is 34.2 Å². The summed E-state index contributed by atoms with van der Waals surface area (Å²) in [5.74, 6) is 0.0450. The highest BCUT2D eigenvalue weighted by Crippen LogP contribution is 2.16. The van der Waals surface area contributed by atoms with Crippen LogP contribution in [0, 0.1) is 5.92 Å². The summed E-state index contributed by atoms with van der Waals surface area (Å²) in [6.45, 7) is 5.73.